The van der Waals surface area contributed by atoms with Crippen LogP contribution < -0.4 is 5.32 Å². The van der Waals surface area contributed by atoms with Crippen LogP contribution in [-0.4, -0.2) is 22.1 Å². The number of rotatable bonds is 2. The van der Waals surface area contributed by atoms with Gasteiger partial charge >= 0.3 is 0 Å². The number of pyridine rings is 1. The van der Waals surface area contributed by atoms with Crippen molar-refractivity contribution in [3.8, 4) is 0 Å². The number of fused-ring (bicyclic) bond motifs is 1. The van der Waals surface area contributed by atoms with E-state index >= 15 is 0 Å². The highest BCUT2D eigenvalue weighted by Gasteiger charge is 2.32. The topological polar surface area (TPSA) is 62.2 Å². The predicted octanol–water partition coefficient (Wildman–Crippen LogP) is 2.43. The molecule has 2 aromatic rings. The fourth-order valence-electron chi connectivity index (χ4n) is 2.66. The third-order valence-corrected chi connectivity index (χ3v) is 4.04. The summed E-state index contributed by atoms with van der Waals surface area (Å²) in [6, 6.07) is 8.95. The van der Waals surface area contributed by atoms with Gasteiger partial charge in [0.05, 0.1) is 22.7 Å². The minimum absolute atomic E-state index is 0.318. The van der Waals surface area contributed by atoms with Gasteiger partial charge in [-0.05, 0) is 24.1 Å². The van der Waals surface area contributed by atoms with Gasteiger partial charge in [0.25, 0.3) is 5.91 Å². The van der Waals surface area contributed by atoms with Crippen molar-refractivity contribution in [3.63, 3.8) is 0 Å². The number of aliphatic hydroxyl groups is 1. The fraction of sp³-hybridized carbons (Fsp3) is 0.250. The number of amides is 1. The van der Waals surface area contributed by atoms with Crippen molar-refractivity contribution in [1.82, 2.24) is 10.3 Å². The SMILES string of the molecule is Cc1cc(Cl)c(C(=O)N[C@H]2c3ccccc3C[C@H]2O)cn1. The van der Waals surface area contributed by atoms with Crippen LogP contribution in [-0.2, 0) is 6.42 Å². The van der Waals surface area contributed by atoms with E-state index in [1.807, 2.05) is 31.2 Å². The number of carbonyl (C=O) groups is 1. The summed E-state index contributed by atoms with van der Waals surface area (Å²) in [6.07, 6.45) is 1.38. The molecule has 4 nitrogen and oxygen atoms in total. The molecule has 1 amide bonds. The molecule has 2 atom stereocenters. The first-order valence-electron chi connectivity index (χ1n) is 6.75. The Bertz CT molecular complexity index is 702. The molecule has 0 saturated heterocycles. The molecule has 1 aromatic heterocycles. The summed E-state index contributed by atoms with van der Waals surface area (Å²) in [5.74, 6) is -0.326. The van der Waals surface area contributed by atoms with Crippen LogP contribution in [0.1, 0.15) is 33.2 Å². The van der Waals surface area contributed by atoms with Crippen LogP contribution >= 0.6 is 11.6 Å². The molecule has 0 unspecified atom stereocenters. The number of aromatic nitrogens is 1. The molecule has 0 radical (unpaired) electrons. The number of benzene rings is 1. The fourth-order valence-corrected chi connectivity index (χ4v) is 2.95. The van der Waals surface area contributed by atoms with Gasteiger partial charge in [0.2, 0.25) is 0 Å². The number of aryl methyl sites for hydroxylation is 1. The van der Waals surface area contributed by atoms with E-state index in [9.17, 15) is 9.90 Å². The van der Waals surface area contributed by atoms with Crippen molar-refractivity contribution in [1.29, 1.82) is 0 Å². The maximum atomic E-state index is 12.3. The van der Waals surface area contributed by atoms with Gasteiger partial charge in [-0.2, -0.15) is 0 Å². The zero-order valence-electron chi connectivity index (χ0n) is 11.5. The lowest BCUT2D eigenvalue weighted by molar-refractivity contribution is 0.0858. The standard InChI is InChI=1S/C16H15ClN2O2/c1-9-6-13(17)12(8-18-9)16(21)19-15-11-5-3-2-4-10(11)7-14(15)20/h2-6,8,14-15,20H,7H2,1H3,(H,19,21)/t14-,15+/m1/s1. The first kappa shape index (κ1) is 14.0. The first-order valence-corrected chi connectivity index (χ1v) is 7.13. The number of aliphatic hydroxyl groups excluding tert-OH is 1. The largest absolute Gasteiger partial charge is 0.390 e. The van der Waals surface area contributed by atoms with Crippen LogP contribution in [0.25, 0.3) is 0 Å². The maximum absolute atomic E-state index is 12.3. The minimum Gasteiger partial charge on any atom is -0.390 e. The van der Waals surface area contributed by atoms with Gasteiger partial charge in [-0.3, -0.25) is 9.78 Å². The van der Waals surface area contributed by atoms with Crippen LogP contribution in [0.15, 0.2) is 36.5 Å². The van der Waals surface area contributed by atoms with E-state index in [0.717, 1.165) is 16.8 Å². The van der Waals surface area contributed by atoms with Gasteiger partial charge in [0.1, 0.15) is 0 Å². The lowest BCUT2D eigenvalue weighted by Crippen LogP contribution is -2.34. The molecule has 108 valence electrons. The van der Waals surface area contributed by atoms with E-state index in [4.69, 9.17) is 11.6 Å². The number of carbonyl (C=O) groups excluding carboxylic acids is 1. The van der Waals surface area contributed by atoms with Crippen LogP contribution in [0.4, 0.5) is 0 Å². The summed E-state index contributed by atoms with van der Waals surface area (Å²) in [5, 5.41) is 13.4. The predicted molar refractivity (Wildman–Crippen MR) is 80.3 cm³/mol. The molecule has 1 heterocycles. The average Bonchev–Trinajstić information content (AvgIpc) is 2.75. The van der Waals surface area contributed by atoms with Crippen LogP contribution in [0, 0.1) is 6.92 Å². The van der Waals surface area contributed by atoms with Crippen LogP contribution in [0.5, 0.6) is 0 Å². The number of hydrogen-bond donors (Lipinski definition) is 2. The monoisotopic (exact) mass is 302 g/mol. The van der Waals surface area contributed by atoms with Gasteiger partial charge in [-0.1, -0.05) is 35.9 Å². The van der Waals surface area contributed by atoms with Gasteiger partial charge in [-0.25, -0.2) is 0 Å². The lowest BCUT2D eigenvalue weighted by Gasteiger charge is -2.18. The number of nitrogens with zero attached hydrogens (tertiary/aromatic N) is 1. The Hall–Kier alpha value is -1.91. The van der Waals surface area contributed by atoms with E-state index in [-0.39, 0.29) is 5.91 Å². The Morgan fingerprint density at radius 1 is 1.43 bits per heavy atom. The highest BCUT2D eigenvalue weighted by Crippen LogP contribution is 2.31. The minimum atomic E-state index is -0.622. The molecular formula is C16H15ClN2O2. The van der Waals surface area contributed by atoms with E-state index < -0.39 is 12.1 Å². The molecule has 0 saturated carbocycles. The molecule has 21 heavy (non-hydrogen) atoms. The van der Waals surface area contributed by atoms with Crippen molar-refractivity contribution >= 4 is 17.5 Å². The Kier molecular flexibility index (Phi) is 3.66. The molecular weight excluding hydrogens is 288 g/mol. The summed E-state index contributed by atoms with van der Waals surface area (Å²) >= 11 is 6.08. The number of halogens is 1. The molecule has 3 rings (SSSR count). The summed E-state index contributed by atoms with van der Waals surface area (Å²) in [6.45, 7) is 1.81. The molecule has 1 aromatic carbocycles. The second kappa shape index (κ2) is 5.47. The molecule has 0 bridgehead atoms. The Labute approximate surface area is 127 Å². The molecule has 5 heteroatoms. The first-order chi connectivity index (χ1) is 10.1. The van der Waals surface area contributed by atoms with Crippen molar-refractivity contribution in [2.24, 2.45) is 0 Å². The maximum Gasteiger partial charge on any atom is 0.254 e. The normalized spacial score (nSPS) is 20.1. The van der Waals surface area contributed by atoms with Crippen molar-refractivity contribution in [2.45, 2.75) is 25.5 Å². The van der Waals surface area contributed by atoms with Crippen molar-refractivity contribution in [2.75, 3.05) is 0 Å². The third-order valence-electron chi connectivity index (χ3n) is 3.73. The molecule has 2 N–H and O–H groups in total. The molecule has 0 fully saturated rings. The second-order valence-corrected chi connectivity index (χ2v) is 5.63. The zero-order chi connectivity index (χ0) is 15.0. The summed E-state index contributed by atoms with van der Waals surface area (Å²) in [7, 11) is 0. The smallest absolute Gasteiger partial charge is 0.254 e. The van der Waals surface area contributed by atoms with E-state index in [1.165, 1.54) is 6.20 Å². The summed E-state index contributed by atoms with van der Waals surface area (Å²) in [4.78, 5) is 16.4. The molecule has 1 aliphatic carbocycles. The summed E-state index contributed by atoms with van der Waals surface area (Å²) < 4.78 is 0. The van der Waals surface area contributed by atoms with Crippen LogP contribution in [0.3, 0.4) is 0 Å². The van der Waals surface area contributed by atoms with E-state index in [1.54, 1.807) is 6.07 Å². The van der Waals surface area contributed by atoms with Crippen LogP contribution in [0.2, 0.25) is 5.02 Å². The summed E-state index contributed by atoms with van der Waals surface area (Å²) in [5.41, 5.74) is 3.08. The molecule has 1 aliphatic rings. The van der Waals surface area contributed by atoms with E-state index in [0.29, 0.717) is 17.0 Å². The average molecular weight is 303 g/mol. The van der Waals surface area contributed by atoms with E-state index in [2.05, 4.69) is 10.3 Å². The highest BCUT2D eigenvalue weighted by atomic mass is 35.5. The zero-order valence-corrected chi connectivity index (χ0v) is 12.3. The third kappa shape index (κ3) is 2.64. The van der Waals surface area contributed by atoms with Crippen molar-refractivity contribution < 1.29 is 9.90 Å². The van der Waals surface area contributed by atoms with Gasteiger partial charge < -0.3 is 10.4 Å². The Balaban J connectivity index is 1.85. The molecule has 0 aliphatic heterocycles. The quantitative estimate of drug-likeness (QED) is 0.895. The number of hydrogen-bond acceptors (Lipinski definition) is 3. The number of nitrogens with one attached hydrogen (secondary N) is 1. The lowest BCUT2D eigenvalue weighted by atomic mass is 10.1. The Morgan fingerprint density at radius 2 is 2.19 bits per heavy atom. The van der Waals surface area contributed by atoms with Crippen molar-refractivity contribution in [3.05, 3.63) is 63.9 Å². The van der Waals surface area contributed by atoms with Gasteiger partial charge in [-0.15, -0.1) is 0 Å². The van der Waals surface area contributed by atoms with Gasteiger partial charge in [0.15, 0.2) is 0 Å². The second-order valence-electron chi connectivity index (χ2n) is 5.23. The Morgan fingerprint density at radius 3 is 2.95 bits per heavy atom. The van der Waals surface area contributed by atoms with Gasteiger partial charge in [0, 0.05) is 18.3 Å². The highest BCUT2D eigenvalue weighted by molar-refractivity contribution is 6.33. The molecule has 0 spiro atoms.